The summed E-state index contributed by atoms with van der Waals surface area (Å²) in [5.74, 6) is -0.184. The summed E-state index contributed by atoms with van der Waals surface area (Å²) in [6.07, 6.45) is 8.42. The summed E-state index contributed by atoms with van der Waals surface area (Å²) in [6.45, 7) is 7.96. The van der Waals surface area contributed by atoms with Gasteiger partial charge in [-0.25, -0.2) is 0 Å². The van der Waals surface area contributed by atoms with Crippen LogP contribution in [0.3, 0.4) is 0 Å². The first-order chi connectivity index (χ1) is 8.03. The molecule has 3 nitrogen and oxygen atoms in total. The monoisotopic (exact) mass is 237 g/mol. The van der Waals surface area contributed by atoms with Crippen molar-refractivity contribution in [2.24, 2.45) is 5.41 Å². The van der Waals surface area contributed by atoms with Crippen LogP contribution in [0.4, 0.5) is 0 Å². The standard InChI is InChI=1S/C14H23NO2/c1-4-8-15-10-13(16)17-11-12-6-5-7-14(2,3)9-12/h5-6,9,15H,4,7-8,10-11H2,1-3H3. The third kappa shape index (κ3) is 5.68. The van der Waals surface area contributed by atoms with Crippen LogP contribution in [0.2, 0.25) is 0 Å². The molecule has 0 aliphatic heterocycles. The predicted molar refractivity (Wildman–Crippen MR) is 69.7 cm³/mol. The normalized spacial score (nSPS) is 17.7. The Morgan fingerprint density at radius 3 is 2.94 bits per heavy atom. The number of rotatable bonds is 6. The number of carbonyl (C=O) groups is 1. The Morgan fingerprint density at radius 1 is 1.53 bits per heavy atom. The summed E-state index contributed by atoms with van der Waals surface area (Å²) >= 11 is 0. The second-order valence-corrected chi connectivity index (χ2v) is 5.15. The van der Waals surface area contributed by atoms with Crippen LogP contribution in [0, 0.1) is 5.41 Å². The number of allylic oxidation sites excluding steroid dienone is 2. The Bertz CT molecular complexity index is 316. The van der Waals surface area contributed by atoms with Gasteiger partial charge in [-0.1, -0.05) is 39.0 Å². The van der Waals surface area contributed by atoms with Crippen molar-refractivity contribution in [1.82, 2.24) is 5.32 Å². The molecule has 0 aromatic heterocycles. The van der Waals surface area contributed by atoms with Crippen molar-refractivity contribution in [3.05, 3.63) is 23.8 Å². The molecule has 0 unspecified atom stereocenters. The van der Waals surface area contributed by atoms with E-state index in [-0.39, 0.29) is 11.4 Å². The summed E-state index contributed by atoms with van der Waals surface area (Å²) < 4.78 is 5.20. The molecule has 0 amide bonds. The summed E-state index contributed by atoms with van der Waals surface area (Å²) in [4.78, 5) is 11.4. The second-order valence-electron chi connectivity index (χ2n) is 5.15. The quantitative estimate of drug-likeness (QED) is 0.569. The van der Waals surface area contributed by atoms with Gasteiger partial charge in [0.25, 0.3) is 0 Å². The van der Waals surface area contributed by atoms with Gasteiger partial charge in [0.2, 0.25) is 0 Å². The van der Waals surface area contributed by atoms with Gasteiger partial charge in [-0.15, -0.1) is 0 Å². The number of hydrogen-bond donors (Lipinski definition) is 1. The molecule has 0 saturated heterocycles. The average Bonchev–Trinajstić information content (AvgIpc) is 2.25. The van der Waals surface area contributed by atoms with E-state index in [0.717, 1.165) is 25.0 Å². The molecule has 96 valence electrons. The topological polar surface area (TPSA) is 38.3 Å². The van der Waals surface area contributed by atoms with Crippen molar-refractivity contribution in [1.29, 1.82) is 0 Å². The number of nitrogens with one attached hydrogen (secondary N) is 1. The molecule has 1 N–H and O–H groups in total. The number of carbonyl (C=O) groups excluding carboxylic acids is 1. The van der Waals surface area contributed by atoms with Gasteiger partial charge >= 0.3 is 5.97 Å². The molecule has 0 bridgehead atoms. The molecule has 0 heterocycles. The third-order valence-electron chi connectivity index (χ3n) is 2.65. The van der Waals surface area contributed by atoms with E-state index >= 15 is 0 Å². The fourth-order valence-corrected chi connectivity index (χ4v) is 1.79. The molecule has 0 aromatic rings. The van der Waals surface area contributed by atoms with Crippen LogP contribution >= 0.6 is 0 Å². The van der Waals surface area contributed by atoms with Crippen molar-refractivity contribution in [3.63, 3.8) is 0 Å². The smallest absolute Gasteiger partial charge is 0.320 e. The Balaban J connectivity index is 2.28. The first-order valence-corrected chi connectivity index (χ1v) is 6.28. The number of esters is 1. The Labute approximate surface area is 104 Å². The highest BCUT2D eigenvalue weighted by Crippen LogP contribution is 2.28. The molecule has 0 spiro atoms. The summed E-state index contributed by atoms with van der Waals surface area (Å²) in [6, 6.07) is 0. The lowest BCUT2D eigenvalue weighted by molar-refractivity contribution is -0.141. The van der Waals surface area contributed by atoms with Crippen molar-refractivity contribution in [3.8, 4) is 0 Å². The van der Waals surface area contributed by atoms with Crippen LogP contribution in [0.15, 0.2) is 23.8 Å². The fourth-order valence-electron chi connectivity index (χ4n) is 1.79. The van der Waals surface area contributed by atoms with E-state index in [1.807, 2.05) is 6.08 Å². The van der Waals surface area contributed by atoms with Crippen molar-refractivity contribution < 1.29 is 9.53 Å². The molecular weight excluding hydrogens is 214 g/mol. The molecule has 0 saturated carbocycles. The summed E-state index contributed by atoms with van der Waals surface area (Å²) in [5, 5.41) is 3.03. The van der Waals surface area contributed by atoms with Crippen molar-refractivity contribution in [2.75, 3.05) is 19.7 Å². The molecule has 0 atom stereocenters. The van der Waals surface area contributed by atoms with E-state index in [9.17, 15) is 4.79 Å². The Morgan fingerprint density at radius 2 is 2.29 bits per heavy atom. The summed E-state index contributed by atoms with van der Waals surface area (Å²) in [7, 11) is 0. The largest absolute Gasteiger partial charge is 0.460 e. The molecule has 3 heteroatoms. The lowest BCUT2D eigenvalue weighted by Crippen LogP contribution is -2.26. The molecule has 0 fully saturated rings. The van der Waals surface area contributed by atoms with E-state index in [2.05, 4.69) is 38.2 Å². The van der Waals surface area contributed by atoms with Crippen LogP contribution in [0.25, 0.3) is 0 Å². The van der Waals surface area contributed by atoms with E-state index < -0.39 is 0 Å². The van der Waals surface area contributed by atoms with Gasteiger partial charge in [-0.05, 0) is 30.4 Å². The van der Waals surface area contributed by atoms with E-state index in [1.165, 1.54) is 0 Å². The Hall–Kier alpha value is -1.09. The first kappa shape index (κ1) is 14.0. The van der Waals surface area contributed by atoms with Crippen LogP contribution in [0.1, 0.15) is 33.6 Å². The number of ether oxygens (including phenoxy) is 1. The lowest BCUT2D eigenvalue weighted by Gasteiger charge is -2.23. The van der Waals surface area contributed by atoms with Gasteiger partial charge < -0.3 is 10.1 Å². The first-order valence-electron chi connectivity index (χ1n) is 6.28. The minimum Gasteiger partial charge on any atom is -0.460 e. The van der Waals surface area contributed by atoms with Crippen molar-refractivity contribution in [2.45, 2.75) is 33.6 Å². The molecule has 0 radical (unpaired) electrons. The van der Waals surface area contributed by atoms with Crippen LogP contribution in [-0.4, -0.2) is 25.7 Å². The molecule has 0 aromatic carbocycles. The maximum absolute atomic E-state index is 11.4. The minimum absolute atomic E-state index is 0.178. The van der Waals surface area contributed by atoms with Gasteiger partial charge in [-0.2, -0.15) is 0 Å². The SMILES string of the molecule is CCCNCC(=O)OCC1=CC(C)(C)CC=C1. The molecule has 1 aliphatic carbocycles. The fraction of sp³-hybridized carbons (Fsp3) is 0.643. The van der Waals surface area contributed by atoms with E-state index in [1.54, 1.807) is 0 Å². The summed E-state index contributed by atoms with van der Waals surface area (Å²) in [5.41, 5.74) is 1.27. The molecular formula is C14H23NO2. The third-order valence-corrected chi connectivity index (χ3v) is 2.65. The molecule has 17 heavy (non-hydrogen) atoms. The van der Waals surface area contributed by atoms with Gasteiger partial charge in [-0.3, -0.25) is 4.79 Å². The zero-order valence-corrected chi connectivity index (χ0v) is 11.1. The van der Waals surface area contributed by atoms with Crippen LogP contribution in [0.5, 0.6) is 0 Å². The highest BCUT2D eigenvalue weighted by molar-refractivity contribution is 5.71. The lowest BCUT2D eigenvalue weighted by atomic mass is 9.84. The van der Waals surface area contributed by atoms with Gasteiger partial charge in [0, 0.05) is 0 Å². The number of hydrogen-bond acceptors (Lipinski definition) is 3. The highest BCUT2D eigenvalue weighted by atomic mass is 16.5. The predicted octanol–water partition coefficient (Wildman–Crippen LogP) is 2.44. The maximum Gasteiger partial charge on any atom is 0.320 e. The highest BCUT2D eigenvalue weighted by Gasteiger charge is 2.17. The van der Waals surface area contributed by atoms with Gasteiger partial charge in [0.15, 0.2) is 0 Å². The van der Waals surface area contributed by atoms with Crippen molar-refractivity contribution >= 4 is 5.97 Å². The van der Waals surface area contributed by atoms with Gasteiger partial charge in [0.1, 0.15) is 6.61 Å². The van der Waals surface area contributed by atoms with Gasteiger partial charge in [0.05, 0.1) is 6.54 Å². The zero-order valence-electron chi connectivity index (χ0n) is 11.1. The minimum atomic E-state index is -0.184. The van der Waals surface area contributed by atoms with E-state index in [4.69, 9.17) is 4.74 Å². The average molecular weight is 237 g/mol. The zero-order chi connectivity index (χ0) is 12.7. The Kier molecular flexibility index (Phi) is 5.42. The molecule has 1 rings (SSSR count). The second kappa shape index (κ2) is 6.60. The molecule has 1 aliphatic rings. The van der Waals surface area contributed by atoms with Crippen LogP contribution in [-0.2, 0) is 9.53 Å². The maximum atomic E-state index is 11.4. The van der Waals surface area contributed by atoms with E-state index in [0.29, 0.717) is 13.2 Å². The van der Waals surface area contributed by atoms with Crippen LogP contribution < -0.4 is 5.32 Å².